The predicted octanol–water partition coefficient (Wildman–Crippen LogP) is 3.21. The second kappa shape index (κ2) is 10.5. The van der Waals surface area contributed by atoms with Crippen molar-refractivity contribution in [1.82, 2.24) is 10.6 Å². The highest BCUT2D eigenvalue weighted by atomic mass is 16.5. The standard InChI is InChI=1S/C20H28N2O5/c1-3-11-26-17-10-9-15(13-23)18(12-17)27-14(2)19(24)22-20(25)21-16-7-5-4-6-8-16/h9-10,12-14,16H,3-8,11H2,1-2H3,(H2,21,22,24,25)/t14-/m1/s1. The molecule has 1 aliphatic rings. The molecule has 27 heavy (non-hydrogen) atoms. The van der Waals surface area contributed by atoms with Crippen LogP contribution in [0.4, 0.5) is 4.79 Å². The summed E-state index contributed by atoms with van der Waals surface area (Å²) < 4.78 is 11.1. The Balaban J connectivity index is 1.92. The van der Waals surface area contributed by atoms with Crippen molar-refractivity contribution in [2.45, 2.75) is 64.5 Å². The smallest absolute Gasteiger partial charge is 0.321 e. The van der Waals surface area contributed by atoms with Gasteiger partial charge in [0.05, 0.1) is 12.2 Å². The summed E-state index contributed by atoms with van der Waals surface area (Å²) in [6.45, 7) is 4.05. The van der Waals surface area contributed by atoms with Crippen molar-refractivity contribution < 1.29 is 23.9 Å². The van der Waals surface area contributed by atoms with Gasteiger partial charge < -0.3 is 14.8 Å². The minimum Gasteiger partial charge on any atom is -0.493 e. The van der Waals surface area contributed by atoms with Gasteiger partial charge in [0, 0.05) is 12.1 Å². The third-order valence-corrected chi connectivity index (χ3v) is 4.43. The van der Waals surface area contributed by atoms with Gasteiger partial charge in [-0.2, -0.15) is 0 Å². The number of hydrogen-bond acceptors (Lipinski definition) is 5. The molecule has 7 heteroatoms. The van der Waals surface area contributed by atoms with E-state index in [4.69, 9.17) is 9.47 Å². The summed E-state index contributed by atoms with van der Waals surface area (Å²) >= 11 is 0. The summed E-state index contributed by atoms with van der Waals surface area (Å²) in [4.78, 5) is 35.5. The van der Waals surface area contributed by atoms with E-state index in [2.05, 4.69) is 10.6 Å². The Labute approximate surface area is 159 Å². The van der Waals surface area contributed by atoms with Gasteiger partial charge in [-0.25, -0.2) is 4.79 Å². The molecular weight excluding hydrogens is 348 g/mol. The predicted molar refractivity (Wildman–Crippen MR) is 101 cm³/mol. The van der Waals surface area contributed by atoms with Gasteiger partial charge in [-0.1, -0.05) is 26.2 Å². The van der Waals surface area contributed by atoms with E-state index in [9.17, 15) is 14.4 Å². The molecule has 0 aromatic heterocycles. The molecule has 2 rings (SSSR count). The van der Waals surface area contributed by atoms with Gasteiger partial charge in [0.2, 0.25) is 0 Å². The fourth-order valence-corrected chi connectivity index (χ4v) is 2.95. The van der Waals surface area contributed by atoms with E-state index < -0.39 is 18.0 Å². The molecule has 3 amide bonds. The average Bonchev–Trinajstić information content (AvgIpc) is 2.67. The summed E-state index contributed by atoms with van der Waals surface area (Å²) in [6, 6.07) is 4.42. The van der Waals surface area contributed by atoms with Crippen molar-refractivity contribution in [2.24, 2.45) is 0 Å². The lowest BCUT2D eigenvalue weighted by molar-refractivity contribution is -0.126. The molecule has 0 unspecified atom stereocenters. The molecular formula is C20H28N2O5. The quantitative estimate of drug-likeness (QED) is 0.680. The number of carbonyl (C=O) groups is 3. The summed E-state index contributed by atoms with van der Waals surface area (Å²) in [5.41, 5.74) is 0.310. The minimum atomic E-state index is -0.942. The first-order valence-corrected chi connectivity index (χ1v) is 9.53. The van der Waals surface area contributed by atoms with Gasteiger partial charge in [0.1, 0.15) is 11.5 Å². The lowest BCUT2D eigenvalue weighted by Crippen LogP contribution is -2.48. The fraction of sp³-hybridized carbons (Fsp3) is 0.550. The van der Waals surface area contributed by atoms with Crippen LogP contribution in [-0.2, 0) is 4.79 Å². The Morgan fingerprint density at radius 1 is 1.26 bits per heavy atom. The molecule has 2 N–H and O–H groups in total. The van der Waals surface area contributed by atoms with Gasteiger partial charge in [0.25, 0.3) is 5.91 Å². The second-order valence-electron chi connectivity index (χ2n) is 6.72. The van der Waals surface area contributed by atoms with Crippen LogP contribution < -0.4 is 20.1 Å². The number of carbonyl (C=O) groups excluding carboxylic acids is 3. The van der Waals surface area contributed by atoms with Crippen molar-refractivity contribution in [1.29, 1.82) is 0 Å². The monoisotopic (exact) mass is 376 g/mol. The zero-order chi connectivity index (χ0) is 19.6. The normalized spacial score (nSPS) is 15.5. The summed E-state index contributed by atoms with van der Waals surface area (Å²) in [6.07, 6.45) is 5.78. The van der Waals surface area contributed by atoms with Crippen LogP contribution in [0.1, 0.15) is 62.7 Å². The van der Waals surface area contributed by atoms with Crippen molar-refractivity contribution in [3.8, 4) is 11.5 Å². The minimum absolute atomic E-state index is 0.108. The molecule has 1 saturated carbocycles. The van der Waals surface area contributed by atoms with Crippen molar-refractivity contribution in [3.05, 3.63) is 23.8 Å². The number of nitrogens with one attached hydrogen (secondary N) is 2. The van der Waals surface area contributed by atoms with Gasteiger partial charge in [-0.15, -0.1) is 0 Å². The highest BCUT2D eigenvalue weighted by molar-refractivity contribution is 5.96. The number of rotatable bonds is 8. The van der Waals surface area contributed by atoms with E-state index in [0.717, 1.165) is 32.1 Å². The number of ether oxygens (including phenoxy) is 2. The van der Waals surface area contributed by atoms with E-state index >= 15 is 0 Å². The number of amides is 3. The first kappa shape index (κ1) is 20.7. The largest absolute Gasteiger partial charge is 0.493 e. The van der Waals surface area contributed by atoms with E-state index in [1.165, 1.54) is 13.3 Å². The van der Waals surface area contributed by atoms with Crippen LogP contribution in [0.2, 0.25) is 0 Å². The third-order valence-electron chi connectivity index (χ3n) is 4.43. The van der Waals surface area contributed by atoms with Crippen LogP contribution in [0.15, 0.2) is 18.2 Å². The second-order valence-corrected chi connectivity index (χ2v) is 6.72. The SMILES string of the molecule is CCCOc1ccc(C=O)c(O[C@H](C)C(=O)NC(=O)NC2CCCCC2)c1. The Bertz CT molecular complexity index is 656. The molecule has 0 radical (unpaired) electrons. The van der Waals surface area contributed by atoms with E-state index in [0.29, 0.717) is 24.2 Å². The van der Waals surface area contributed by atoms with Crippen LogP contribution in [0, 0.1) is 0 Å². The van der Waals surface area contributed by atoms with Crippen LogP contribution >= 0.6 is 0 Å². The Morgan fingerprint density at radius 2 is 2.00 bits per heavy atom. The molecule has 0 heterocycles. The van der Waals surface area contributed by atoms with Gasteiger partial charge in [-0.05, 0) is 38.3 Å². The van der Waals surface area contributed by atoms with Crippen molar-refractivity contribution in [3.63, 3.8) is 0 Å². The van der Waals surface area contributed by atoms with E-state index in [1.54, 1.807) is 18.2 Å². The van der Waals surface area contributed by atoms with Gasteiger partial charge in [0.15, 0.2) is 12.4 Å². The number of urea groups is 1. The molecule has 0 bridgehead atoms. The molecule has 1 aromatic carbocycles. The molecule has 1 atom stereocenters. The Morgan fingerprint density at radius 3 is 2.67 bits per heavy atom. The molecule has 148 valence electrons. The van der Waals surface area contributed by atoms with Crippen LogP contribution in [0.5, 0.6) is 11.5 Å². The first-order valence-electron chi connectivity index (χ1n) is 9.53. The van der Waals surface area contributed by atoms with Gasteiger partial charge in [-0.3, -0.25) is 14.9 Å². The molecule has 1 fully saturated rings. The van der Waals surface area contributed by atoms with Gasteiger partial charge >= 0.3 is 6.03 Å². The number of hydrogen-bond donors (Lipinski definition) is 2. The summed E-state index contributed by atoms with van der Waals surface area (Å²) in [5.74, 6) is 0.231. The zero-order valence-electron chi connectivity index (χ0n) is 16.0. The van der Waals surface area contributed by atoms with Crippen molar-refractivity contribution in [2.75, 3.05) is 6.61 Å². The maximum Gasteiger partial charge on any atom is 0.321 e. The fourth-order valence-electron chi connectivity index (χ4n) is 2.95. The maximum absolute atomic E-state index is 12.2. The summed E-state index contributed by atoms with van der Waals surface area (Å²) in [5, 5.41) is 5.12. The number of imide groups is 1. The molecule has 0 aliphatic heterocycles. The lowest BCUT2D eigenvalue weighted by Gasteiger charge is -2.23. The molecule has 7 nitrogen and oxygen atoms in total. The molecule has 1 aliphatic carbocycles. The molecule has 1 aromatic rings. The van der Waals surface area contributed by atoms with Crippen LogP contribution in [0.25, 0.3) is 0 Å². The average molecular weight is 376 g/mol. The third kappa shape index (κ3) is 6.58. The van der Waals surface area contributed by atoms with Crippen molar-refractivity contribution >= 4 is 18.2 Å². The van der Waals surface area contributed by atoms with E-state index in [1.807, 2.05) is 6.92 Å². The van der Waals surface area contributed by atoms with E-state index in [-0.39, 0.29) is 11.8 Å². The highest BCUT2D eigenvalue weighted by Crippen LogP contribution is 2.25. The Kier molecular flexibility index (Phi) is 8.10. The number of aldehydes is 1. The van der Waals surface area contributed by atoms with Crippen LogP contribution in [0.3, 0.4) is 0 Å². The Hall–Kier alpha value is -2.57. The lowest BCUT2D eigenvalue weighted by atomic mass is 9.96. The van der Waals surface area contributed by atoms with Crippen LogP contribution in [-0.4, -0.2) is 37.0 Å². The topological polar surface area (TPSA) is 93.7 Å². The summed E-state index contributed by atoms with van der Waals surface area (Å²) in [7, 11) is 0. The first-order chi connectivity index (χ1) is 13.0. The zero-order valence-corrected chi connectivity index (χ0v) is 16.0. The number of benzene rings is 1. The maximum atomic E-state index is 12.2. The molecule has 0 saturated heterocycles. The molecule has 0 spiro atoms. The highest BCUT2D eigenvalue weighted by Gasteiger charge is 2.21.